The molecule has 0 aliphatic carbocycles. The van der Waals surface area contributed by atoms with Crippen LogP contribution in [0, 0.1) is 6.92 Å². The maximum absolute atomic E-state index is 11.5. The number of carbonyl (C=O) groups excluding carboxylic acids is 2. The normalized spacial score (nSPS) is 10.8. The lowest BCUT2D eigenvalue weighted by Gasteiger charge is -2.05. The van der Waals surface area contributed by atoms with Gasteiger partial charge < -0.3 is 10.1 Å². The molecule has 0 aromatic heterocycles. The second-order valence-corrected chi connectivity index (χ2v) is 4.55. The fourth-order valence-electron chi connectivity index (χ4n) is 1.59. The highest BCUT2D eigenvalue weighted by molar-refractivity contribution is 6.41. The molecule has 0 saturated heterocycles. The van der Waals surface area contributed by atoms with Gasteiger partial charge in [-0.05, 0) is 50.1 Å². The molecule has 0 aliphatic heterocycles. The lowest BCUT2D eigenvalue weighted by atomic mass is 10.1. The van der Waals surface area contributed by atoms with E-state index in [9.17, 15) is 9.59 Å². The van der Waals surface area contributed by atoms with Crippen LogP contribution in [0.1, 0.15) is 25.0 Å². The first-order valence-electron chi connectivity index (χ1n) is 6.11. The van der Waals surface area contributed by atoms with E-state index in [1.54, 1.807) is 13.2 Å². The fraction of sp³-hybridized carbons (Fsp3) is 0.333. The van der Waals surface area contributed by atoms with E-state index >= 15 is 0 Å². The maximum atomic E-state index is 11.5. The average Bonchev–Trinajstić information content (AvgIpc) is 2.35. The van der Waals surface area contributed by atoms with Crippen LogP contribution in [-0.4, -0.2) is 24.8 Å². The van der Waals surface area contributed by atoms with Crippen LogP contribution in [0.25, 0.3) is 6.08 Å². The highest BCUT2D eigenvalue weighted by atomic mass is 16.5. The molecule has 1 aromatic rings. The molecule has 0 saturated carbocycles. The van der Waals surface area contributed by atoms with Gasteiger partial charge in [-0.3, -0.25) is 9.59 Å². The molecule has 0 fully saturated rings. The van der Waals surface area contributed by atoms with E-state index in [1.807, 2.05) is 39.0 Å². The lowest BCUT2D eigenvalue weighted by Crippen LogP contribution is -2.35. The highest BCUT2D eigenvalue weighted by Crippen LogP contribution is 2.19. The Balaban J connectivity index is 2.74. The minimum absolute atomic E-state index is 0.0481. The summed E-state index contributed by atoms with van der Waals surface area (Å²) in [6.07, 6.45) is 2.90. The largest absolute Gasteiger partial charge is 0.496 e. The maximum Gasteiger partial charge on any atom is 0.291 e. The van der Waals surface area contributed by atoms with Gasteiger partial charge in [0, 0.05) is 6.04 Å². The SMILES string of the molecule is COc1ccc(/C=C/C(=O)C(=O)NC(C)C)cc1C. The van der Waals surface area contributed by atoms with E-state index in [4.69, 9.17) is 4.74 Å². The second-order valence-electron chi connectivity index (χ2n) is 4.55. The van der Waals surface area contributed by atoms with E-state index in [0.29, 0.717) is 0 Å². The number of hydrogen-bond donors (Lipinski definition) is 1. The van der Waals surface area contributed by atoms with Gasteiger partial charge in [0.25, 0.3) is 5.91 Å². The van der Waals surface area contributed by atoms with Crippen LogP contribution < -0.4 is 10.1 Å². The Morgan fingerprint density at radius 1 is 1.32 bits per heavy atom. The van der Waals surface area contributed by atoms with Crippen molar-refractivity contribution in [2.75, 3.05) is 7.11 Å². The quantitative estimate of drug-likeness (QED) is 0.652. The molecule has 0 unspecified atom stereocenters. The van der Waals surface area contributed by atoms with Crippen LogP contribution in [-0.2, 0) is 9.59 Å². The van der Waals surface area contributed by atoms with Crippen LogP contribution in [0.4, 0.5) is 0 Å². The molecule has 0 spiro atoms. The van der Waals surface area contributed by atoms with Gasteiger partial charge in [0.15, 0.2) is 0 Å². The van der Waals surface area contributed by atoms with Gasteiger partial charge in [-0.25, -0.2) is 0 Å². The van der Waals surface area contributed by atoms with Crippen molar-refractivity contribution in [3.63, 3.8) is 0 Å². The number of rotatable bonds is 5. The first-order valence-corrected chi connectivity index (χ1v) is 6.11. The monoisotopic (exact) mass is 261 g/mol. The van der Waals surface area contributed by atoms with Crippen molar-refractivity contribution in [1.82, 2.24) is 5.32 Å². The van der Waals surface area contributed by atoms with Crippen LogP contribution in [0.2, 0.25) is 0 Å². The van der Waals surface area contributed by atoms with E-state index < -0.39 is 11.7 Å². The van der Waals surface area contributed by atoms with Gasteiger partial charge in [-0.1, -0.05) is 12.1 Å². The topological polar surface area (TPSA) is 55.4 Å². The summed E-state index contributed by atoms with van der Waals surface area (Å²) >= 11 is 0. The zero-order valence-electron chi connectivity index (χ0n) is 11.7. The highest BCUT2D eigenvalue weighted by Gasteiger charge is 2.10. The molecule has 4 nitrogen and oxygen atoms in total. The van der Waals surface area contributed by atoms with Crippen LogP contribution in [0.15, 0.2) is 24.3 Å². The molecule has 0 aliphatic rings. The Morgan fingerprint density at radius 2 is 2.00 bits per heavy atom. The molecular formula is C15H19NO3. The van der Waals surface area contributed by atoms with Crippen molar-refractivity contribution >= 4 is 17.8 Å². The van der Waals surface area contributed by atoms with E-state index in [2.05, 4.69) is 5.32 Å². The summed E-state index contributed by atoms with van der Waals surface area (Å²) in [6.45, 7) is 5.53. The number of aryl methyl sites for hydroxylation is 1. The number of hydrogen-bond acceptors (Lipinski definition) is 3. The predicted octanol–water partition coefficient (Wildman–Crippen LogP) is 2.11. The van der Waals surface area contributed by atoms with Crippen LogP contribution in [0.5, 0.6) is 5.75 Å². The third-order valence-corrected chi connectivity index (χ3v) is 2.49. The zero-order chi connectivity index (χ0) is 14.4. The zero-order valence-corrected chi connectivity index (χ0v) is 11.7. The first kappa shape index (κ1) is 15.0. The van der Waals surface area contributed by atoms with E-state index in [-0.39, 0.29) is 6.04 Å². The van der Waals surface area contributed by atoms with Crippen molar-refractivity contribution in [3.8, 4) is 5.75 Å². The smallest absolute Gasteiger partial charge is 0.291 e. The molecule has 0 heterocycles. The number of ketones is 1. The summed E-state index contributed by atoms with van der Waals surface area (Å²) in [5.74, 6) is -0.348. The van der Waals surface area contributed by atoms with Gasteiger partial charge in [-0.15, -0.1) is 0 Å². The average molecular weight is 261 g/mol. The second kappa shape index (κ2) is 6.73. The number of benzene rings is 1. The van der Waals surface area contributed by atoms with Crippen molar-refractivity contribution in [2.45, 2.75) is 26.8 Å². The Morgan fingerprint density at radius 3 is 2.53 bits per heavy atom. The molecular weight excluding hydrogens is 242 g/mol. The fourth-order valence-corrected chi connectivity index (χ4v) is 1.59. The molecule has 0 bridgehead atoms. The first-order chi connectivity index (χ1) is 8.93. The van der Waals surface area contributed by atoms with Gasteiger partial charge in [-0.2, -0.15) is 0 Å². The minimum atomic E-state index is -0.587. The Labute approximate surface area is 113 Å². The Bertz CT molecular complexity index is 504. The van der Waals surface area contributed by atoms with Gasteiger partial charge in [0.1, 0.15) is 5.75 Å². The minimum Gasteiger partial charge on any atom is -0.496 e. The molecule has 1 N–H and O–H groups in total. The number of carbonyl (C=O) groups is 2. The molecule has 0 atom stereocenters. The summed E-state index contributed by atoms with van der Waals surface area (Å²) in [5, 5.41) is 2.55. The summed E-state index contributed by atoms with van der Waals surface area (Å²) < 4.78 is 5.15. The van der Waals surface area contributed by atoms with Crippen molar-refractivity contribution in [1.29, 1.82) is 0 Å². The molecule has 0 radical (unpaired) electrons. The van der Waals surface area contributed by atoms with Crippen molar-refractivity contribution in [3.05, 3.63) is 35.4 Å². The predicted molar refractivity (Wildman–Crippen MR) is 75.1 cm³/mol. The van der Waals surface area contributed by atoms with E-state index in [1.165, 1.54) is 6.08 Å². The molecule has 102 valence electrons. The van der Waals surface area contributed by atoms with Crippen LogP contribution >= 0.6 is 0 Å². The van der Waals surface area contributed by atoms with Gasteiger partial charge in [0.2, 0.25) is 5.78 Å². The number of nitrogens with one attached hydrogen (secondary N) is 1. The number of ether oxygens (including phenoxy) is 1. The Hall–Kier alpha value is -2.10. The van der Waals surface area contributed by atoms with Crippen LogP contribution in [0.3, 0.4) is 0 Å². The number of amides is 1. The summed E-state index contributed by atoms with van der Waals surface area (Å²) in [7, 11) is 1.61. The molecule has 19 heavy (non-hydrogen) atoms. The number of methoxy groups -OCH3 is 1. The third-order valence-electron chi connectivity index (χ3n) is 2.49. The molecule has 1 aromatic carbocycles. The van der Waals surface area contributed by atoms with Crippen molar-refractivity contribution < 1.29 is 14.3 Å². The van der Waals surface area contributed by atoms with Crippen molar-refractivity contribution in [2.24, 2.45) is 0 Å². The standard InChI is InChI=1S/C15H19NO3/c1-10(2)16-15(18)13(17)7-5-12-6-8-14(19-4)11(3)9-12/h5-10H,1-4H3,(H,16,18)/b7-5+. The summed E-state index contributed by atoms with van der Waals surface area (Å²) in [5.41, 5.74) is 1.83. The van der Waals surface area contributed by atoms with Gasteiger partial charge in [0.05, 0.1) is 7.11 Å². The van der Waals surface area contributed by atoms with Gasteiger partial charge >= 0.3 is 0 Å². The third kappa shape index (κ3) is 4.58. The lowest BCUT2D eigenvalue weighted by molar-refractivity contribution is -0.135. The van der Waals surface area contributed by atoms with E-state index in [0.717, 1.165) is 16.9 Å². The Kier molecular flexibility index (Phi) is 5.30. The summed E-state index contributed by atoms with van der Waals surface area (Å²) in [6, 6.07) is 5.50. The molecule has 1 rings (SSSR count). The summed E-state index contributed by atoms with van der Waals surface area (Å²) in [4.78, 5) is 22.9. The molecule has 4 heteroatoms. The molecule has 1 amide bonds.